The van der Waals surface area contributed by atoms with Gasteiger partial charge in [-0.3, -0.25) is 0 Å². The van der Waals surface area contributed by atoms with E-state index in [1.165, 1.54) is 0 Å². The fraction of sp³-hybridized carbons (Fsp3) is 0.0714. The first-order valence-corrected chi connectivity index (χ1v) is 6.56. The number of hydrogen-bond acceptors (Lipinski definition) is 4. The minimum absolute atomic E-state index is 0.698. The number of nitrogens with one attached hydrogen (secondary N) is 1. The molecule has 2 heterocycles. The largest absolute Gasteiger partial charge is 0.467 e. The van der Waals surface area contributed by atoms with E-state index in [1.807, 2.05) is 23.7 Å². The number of thiazole rings is 1. The first kappa shape index (κ1) is 11.0. The third-order valence-electron chi connectivity index (χ3n) is 2.61. The van der Waals surface area contributed by atoms with Gasteiger partial charge in [-0.2, -0.15) is 0 Å². The van der Waals surface area contributed by atoms with E-state index in [0.29, 0.717) is 6.54 Å². The standard InChI is InChI=1S/C14H12N2OS/c1-2-13(17-8-1)10-16-12-5-3-11(4-6-12)14-15-7-9-18-14/h1-9,16H,10H2. The third kappa shape index (κ3) is 2.43. The van der Waals surface area contributed by atoms with Gasteiger partial charge in [0.1, 0.15) is 10.8 Å². The topological polar surface area (TPSA) is 38.1 Å². The summed E-state index contributed by atoms with van der Waals surface area (Å²) >= 11 is 1.65. The molecule has 0 aliphatic rings. The van der Waals surface area contributed by atoms with Gasteiger partial charge in [-0.05, 0) is 36.4 Å². The zero-order valence-electron chi connectivity index (χ0n) is 9.67. The summed E-state index contributed by atoms with van der Waals surface area (Å²) < 4.78 is 5.27. The molecule has 3 aromatic rings. The summed E-state index contributed by atoms with van der Waals surface area (Å²) in [5.74, 6) is 0.930. The molecule has 1 N–H and O–H groups in total. The van der Waals surface area contributed by atoms with Crippen molar-refractivity contribution in [2.45, 2.75) is 6.54 Å². The van der Waals surface area contributed by atoms with E-state index in [0.717, 1.165) is 22.0 Å². The second-order valence-electron chi connectivity index (χ2n) is 3.85. The maximum absolute atomic E-state index is 5.27. The number of anilines is 1. The van der Waals surface area contributed by atoms with Crippen LogP contribution in [0.5, 0.6) is 0 Å². The molecule has 4 heteroatoms. The molecule has 0 spiro atoms. The molecule has 3 nitrogen and oxygen atoms in total. The van der Waals surface area contributed by atoms with E-state index in [4.69, 9.17) is 4.42 Å². The van der Waals surface area contributed by atoms with E-state index in [-0.39, 0.29) is 0 Å². The van der Waals surface area contributed by atoms with E-state index < -0.39 is 0 Å². The average Bonchev–Trinajstić information content (AvgIpc) is 3.10. The second-order valence-corrected chi connectivity index (χ2v) is 4.74. The molecule has 0 saturated carbocycles. The maximum atomic E-state index is 5.27. The predicted molar refractivity (Wildman–Crippen MR) is 73.6 cm³/mol. The number of nitrogens with zero attached hydrogens (tertiary/aromatic N) is 1. The highest BCUT2D eigenvalue weighted by molar-refractivity contribution is 7.13. The quantitative estimate of drug-likeness (QED) is 0.766. The molecule has 0 amide bonds. The van der Waals surface area contributed by atoms with Crippen LogP contribution in [0.1, 0.15) is 5.76 Å². The predicted octanol–water partition coefficient (Wildman–Crippen LogP) is 4.02. The molecule has 3 rings (SSSR count). The number of rotatable bonds is 4. The molecule has 0 bridgehead atoms. The highest BCUT2D eigenvalue weighted by Crippen LogP contribution is 2.23. The van der Waals surface area contributed by atoms with Crippen LogP contribution in [0.15, 0.2) is 58.7 Å². The monoisotopic (exact) mass is 256 g/mol. The Bertz CT molecular complexity index is 585. The number of benzene rings is 1. The van der Waals surface area contributed by atoms with Crippen molar-refractivity contribution in [3.63, 3.8) is 0 Å². The molecular formula is C14H12N2OS. The molecule has 0 unspecified atom stereocenters. The lowest BCUT2D eigenvalue weighted by atomic mass is 10.2. The zero-order chi connectivity index (χ0) is 12.2. The average molecular weight is 256 g/mol. The van der Waals surface area contributed by atoms with E-state index in [1.54, 1.807) is 17.6 Å². The Balaban J connectivity index is 1.68. The van der Waals surface area contributed by atoms with Crippen LogP contribution in [0.2, 0.25) is 0 Å². The van der Waals surface area contributed by atoms with Gasteiger partial charge in [-0.15, -0.1) is 11.3 Å². The molecule has 0 aliphatic heterocycles. The minimum Gasteiger partial charge on any atom is -0.467 e. The van der Waals surface area contributed by atoms with Crippen LogP contribution >= 0.6 is 11.3 Å². The van der Waals surface area contributed by atoms with Gasteiger partial charge in [0.15, 0.2) is 0 Å². The molecule has 0 fully saturated rings. The van der Waals surface area contributed by atoms with Crippen LogP contribution < -0.4 is 5.32 Å². The lowest BCUT2D eigenvalue weighted by Gasteiger charge is -2.04. The Morgan fingerprint density at radius 3 is 2.72 bits per heavy atom. The van der Waals surface area contributed by atoms with Crippen LogP contribution in [0.25, 0.3) is 10.6 Å². The summed E-state index contributed by atoms with van der Waals surface area (Å²) in [5.41, 5.74) is 2.22. The van der Waals surface area contributed by atoms with Crippen LogP contribution in [-0.4, -0.2) is 4.98 Å². The first-order valence-electron chi connectivity index (χ1n) is 5.68. The normalized spacial score (nSPS) is 10.4. The van der Waals surface area contributed by atoms with E-state index in [9.17, 15) is 0 Å². The smallest absolute Gasteiger partial charge is 0.123 e. The molecule has 18 heavy (non-hydrogen) atoms. The molecule has 90 valence electrons. The van der Waals surface area contributed by atoms with Crippen molar-refractivity contribution in [3.8, 4) is 10.6 Å². The van der Waals surface area contributed by atoms with Crippen LogP contribution in [0, 0.1) is 0 Å². The summed E-state index contributed by atoms with van der Waals surface area (Å²) in [6.45, 7) is 0.698. The Labute approximate surface area is 109 Å². The van der Waals surface area contributed by atoms with Crippen molar-refractivity contribution < 1.29 is 4.42 Å². The van der Waals surface area contributed by atoms with Gasteiger partial charge in [0.05, 0.1) is 12.8 Å². The van der Waals surface area contributed by atoms with Crippen LogP contribution in [0.4, 0.5) is 5.69 Å². The van der Waals surface area contributed by atoms with Gasteiger partial charge >= 0.3 is 0 Å². The van der Waals surface area contributed by atoms with Crippen molar-refractivity contribution in [3.05, 3.63) is 60.0 Å². The SMILES string of the molecule is c1coc(CNc2ccc(-c3nccs3)cc2)c1. The Hall–Kier alpha value is -2.07. The van der Waals surface area contributed by atoms with Gasteiger partial charge < -0.3 is 9.73 Å². The van der Waals surface area contributed by atoms with Crippen LogP contribution in [0.3, 0.4) is 0 Å². The Morgan fingerprint density at radius 1 is 1.17 bits per heavy atom. The van der Waals surface area contributed by atoms with Crippen molar-refractivity contribution in [2.75, 3.05) is 5.32 Å². The highest BCUT2D eigenvalue weighted by atomic mass is 32.1. The van der Waals surface area contributed by atoms with Crippen molar-refractivity contribution in [2.24, 2.45) is 0 Å². The third-order valence-corrected chi connectivity index (χ3v) is 3.43. The Kier molecular flexibility index (Phi) is 3.10. The van der Waals surface area contributed by atoms with Gasteiger partial charge in [0.25, 0.3) is 0 Å². The molecule has 0 saturated heterocycles. The molecule has 1 aromatic carbocycles. The number of aromatic nitrogens is 1. The Morgan fingerprint density at radius 2 is 2.06 bits per heavy atom. The molecular weight excluding hydrogens is 244 g/mol. The van der Waals surface area contributed by atoms with Crippen molar-refractivity contribution in [1.29, 1.82) is 0 Å². The highest BCUT2D eigenvalue weighted by Gasteiger charge is 2.00. The van der Waals surface area contributed by atoms with E-state index >= 15 is 0 Å². The molecule has 2 aromatic heterocycles. The van der Waals surface area contributed by atoms with Crippen LogP contribution in [-0.2, 0) is 6.54 Å². The zero-order valence-corrected chi connectivity index (χ0v) is 10.5. The first-order chi connectivity index (χ1) is 8.92. The van der Waals surface area contributed by atoms with Crippen molar-refractivity contribution in [1.82, 2.24) is 4.98 Å². The minimum atomic E-state index is 0.698. The number of hydrogen-bond donors (Lipinski definition) is 1. The van der Waals surface area contributed by atoms with Gasteiger partial charge in [0.2, 0.25) is 0 Å². The lowest BCUT2D eigenvalue weighted by molar-refractivity contribution is 0.518. The van der Waals surface area contributed by atoms with E-state index in [2.05, 4.69) is 34.6 Å². The second kappa shape index (κ2) is 5.06. The summed E-state index contributed by atoms with van der Waals surface area (Å²) in [6.07, 6.45) is 3.51. The van der Waals surface area contributed by atoms with Crippen molar-refractivity contribution >= 4 is 17.0 Å². The molecule has 0 atom stereocenters. The fourth-order valence-electron chi connectivity index (χ4n) is 1.70. The summed E-state index contributed by atoms with van der Waals surface area (Å²) in [7, 11) is 0. The summed E-state index contributed by atoms with van der Waals surface area (Å²) in [4.78, 5) is 4.29. The van der Waals surface area contributed by atoms with Gasteiger partial charge in [0, 0.05) is 22.8 Å². The van der Waals surface area contributed by atoms with Gasteiger partial charge in [-0.25, -0.2) is 4.98 Å². The lowest BCUT2D eigenvalue weighted by Crippen LogP contribution is -1.97. The number of furan rings is 1. The maximum Gasteiger partial charge on any atom is 0.123 e. The van der Waals surface area contributed by atoms with Gasteiger partial charge in [-0.1, -0.05) is 0 Å². The summed E-state index contributed by atoms with van der Waals surface area (Å²) in [6, 6.07) is 12.1. The molecule has 0 aliphatic carbocycles. The fourth-order valence-corrected chi connectivity index (χ4v) is 2.34. The summed E-state index contributed by atoms with van der Waals surface area (Å²) in [5, 5.41) is 6.34. The molecule has 0 radical (unpaired) electrons.